The van der Waals surface area contributed by atoms with Crippen LogP contribution in [0.25, 0.3) is 0 Å². The Morgan fingerprint density at radius 1 is 1.55 bits per heavy atom. The van der Waals surface area contributed by atoms with Gasteiger partial charge in [-0.25, -0.2) is 0 Å². The molecule has 1 atom stereocenters. The summed E-state index contributed by atoms with van der Waals surface area (Å²) in [6.07, 6.45) is 3.00. The summed E-state index contributed by atoms with van der Waals surface area (Å²) in [6.45, 7) is 4.45. The molecule has 0 radical (unpaired) electrons. The summed E-state index contributed by atoms with van der Waals surface area (Å²) in [6, 6.07) is -0.280. The Kier molecular flexibility index (Phi) is 2.08. The summed E-state index contributed by atoms with van der Waals surface area (Å²) in [5.41, 5.74) is 0. The first-order valence-electron chi connectivity index (χ1n) is 3.69. The molecule has 0 amide bonds. The smallest absolute Gasteiger partial charge is 0.225 e. The second-order valence-electron chi connectivity index (χ2n) is 2.55. The van der Waals surface area contributed by atoms with Gasteiger partial charge in [-0.2, -0.15) is 0 Å². The highest BCUT2D eigenvalue weighted by atomic mass is 16.2. The van der Waals surface area contributed by atoms with Gasteiger partial charge in [-0.3, -0.25) is 9.59 Å². The molecule has 0 aromatic carbocycles. The Balaban J connectivity index is 2.84. The number of ketones is 2. The van der Waals surface area contributed by atoms with Gasteiger partial charge in [-0.05, 0) is 13.8 Å². The molecule has 1 heterocycles. The highest BCUT2D eigenvalue weighted by Crippen LogP contribution is 2.07. The molecule has 0 aliphatic carbocycles. The predicted molar refractivity (Wildman–Crippen MR) is 41.0 cm³/mol. The fourth-order valence-corrected chi connectivity index (χ4v) is 1.11. The van der Waals surface area contributed by atoms with Crippen molar-refractivity contribution >= 4 is 11.6 Å². The van der Waals surface area contributed by atoms with E-state index in [1.807, 2.05) is 11.8 Å². The molecule has 1 aliphatic heterocycles. The minimum absolute atomic E-state index is 0.280. The molecular formula is C8H11NO2. The van der Waals surface area contributed by atoms with Crippen molar-refractivity contribution in [3.05, 3.63) is 12.3 Å². The van der Waals surface area contributed by atoms with Crippen LogP contribution in [0.3, 0.4) is 0 Å². The monoisotopic (exact) mass is 153 g/mol. The Morgan fingerprint density at radius 3 is 2.73 bits per heavy atom. The largest absolute Gasteiger partial charge is 0.367 e. The van der Waals surface area contributed by atoms with E-state index in [2.05, 4.69) is 0 Å². The topological polar surface area (TPSA) is 37.4 Å². The van der Waals surface area contributed by atoms with Crippen LogP contribution in [-0.2, 0) is 9.59 Å². The van der Waals surface area contributed by atoms with E-state index in [4.69, 9.17) is 0 Å². The van der Waals surface area contributed by atoms with Crippen LogP contribution in [0.4, 0.5) is 0 Å². The maximum Gasteiger partial charge on any atom is 0.225 e. The lowest BCUT2D eigenvalue weighted by molar-refractivity contribution is -0.137. The molecule has 11 heavy (non-hydrogen) atoms. The Bertz CT molecular complexity index is 220. The number of hydrogen-bond acceptors (Lipinski definition) is 3. The average Bonchev–Trinajstić information content (AvgIpc) is 2.01. The predicted octanol–water partition coefficient (Wildman–Crippen LogP) is 0.362. The highest BCUT2D eigenvalue weighted by Gasteiger charge is 2.26. The first-order valence-corrected chi connectivity index (χ1v) is 3.69. The number of rotatable bonds is 1. The van der Waals surface area contributed by atoms with Crippen molar-refractivity contribution in [2.75, 3.05) is 6.54 Å². The van der Waals surface area contributed by atoms with Crippen molar-refractivity contribution in [2.24, 2.45) is 0 Å². The zero-order valence-corrected chi connectivity index (χ0v) is 6.70. The molecule has 0 saturated heterocycles. The molecule has 0 unspecified atom stereocenters. The van der Waals surface area contributed by atoms with E-state index >= 15 is 0 Å². The summed E-state index contributed by atoms with van der Waals surface area (Å²) in [5, 5.41) is 0. The Hall–Kier alpha value is -1.12. The maximum atomic E-state index is 11.1. The van der Waals surface area contributed by atoms with Gasteiger partial charge in [-0.15, -0.1) is 0 Å². The van der Waals surface area contributed by atoms with E-state index in [1.54, 1.807) is 13.1 Å². The van der Waals surface area contributed by atoms with E-state index in [1.165, 1.54) is 6.08 Å². The maximum absolute atomic E-state index is 11.1. The molecule has 0 N–H and O–H groups in total. The van der Waals surface area contributed by atoms with Crippen LogP contribution in [0.2, 0.25) is 0 Å². The van der Waals surface area contributed by atoms with Crippen LogP contribution < -0.4 is 0 Å². The minimum Gasteiger partial charge on any atom is -0.367 e. The van der Waals surface area contributed by atoms with Gasteiger partial charge in [0.05, 0.1) is 6.04 Å². The van der Waals surface area contributed by atoms with Gasteiger partial charge in [-0.1, -0.05) is 0 Å². The van der Waals surface area contributed by atoms with Crippen molar-refractivity contribution in [3.63, 3.8) is 0 Å². The van der Waals surface area contributed by atoms with Crippen LogP contribution in [0.15, 0.2) is 12.3 Å². The number of allylic oxidation sites excluding steroid dienone is 1. The van der Waals surface area contributed by atoms with Gasteiger partial charge < -0.3 is 4.90 Å². The Morgan fingerprint density at radius 2 is 2.18 bits per heavy atom. The molecule has 0 aromatic heterocycles. The van der Waals surface area contributed by atoms with Crippen molar-refractivity contribution in [2.45, 2.75) is 19.9 Å². The van der Waals surface area contributed by atoms with Crippen molar-refractivity contribution < 1.29 is 9.59 Å². The van der Waals surface area contributed by atoms with Crippen LogP contribution in [0.5, 0.6) is 0 Å². The van der Waals surface area contributed by atoms with E-state index in [0.29, 0.717) is 0 Å². The normalized spacial score (nSPS) is 24.5. The molecule has 0 bridgehead atoms. The summed E-state index contributed by atoms with van der Waals surface area (Å²) in [7, 11) is 0. The zero-order chi connectivity index (χ0) is 8.43. The third kappa shape index (κ3) is 1.31. The van der Waals surface area contributed by atoms with E-state index in [0.717, 1.165) is 6.54 Å². The molecule has 3 nitrogen and oxygen atoms in total. The fourth-order valence-electron chi connectivity index (χ4n) is 1.11. The van der Waals surface area contributed by atoms with Crippen LogP contribution in [0, 0.1) is 0 Å². The molecule has 0 aromatic rings. The second kappa shape index (κ2) is 2.86. The van der Waals surface area contributed by atoms with Gasteiger partial charge in [0.25, 0.3) is 0 Å². The highest BCUT2D eigenvalue weighted by molar-refractivity contribution is 6.43. The van der Waals surface area contributed by atoms with Crippen molar-refractivity contribution in [1.29, 1.82) is 0 Å². The van der Waals surface area contributed by atoms with Gasteiger partial charge in [0.15, 0.2) is 0 Å². The lowest BCUT2D eigenvalue weighted by atomic mass is 10.1. The third-order valence-corrected chi connectivity index (χ3v) is 1.90. The molecule has 3 heteroatoms. The zero-order valence-electron chi connectivity index (χ0n) is 6.70. The van der Waals surface area contributed by atoms with Crippen LogP contribution >= 0.6 is 0 Å². The molecule has 0 saturated carbocycles. The lowest BCUT2D eigenvalue weighted by Gasteiger charge is -2.26. The molecule has 1 aliphatic rings. The van der Waals surface area contributed by atoms with E-state index < -0.39 is 0 Å². The SMILES string of the molecule is CCN1C=CC(=O)C(=O)[C@@H]1C. The summed E-state index contributed by atoms with van der Waals surface area (Å²) in [4.78, 5) is 23.7. The van der Waals surface area contributed by atoms with E-state index in [9.17, 15) is 9.59 Å². The van der Waals surface area contributed by atoms with Gasteiger partial charge in [0.2, 0.25) is 11.6 Å². The first-order chi connectivity index (χ1) is 5.16. The molecule has 0 spiro atoms. The molecular weight excluding hydrogens is 142 g/mol. The minimum atomic E-state index is -0.387. The second-order valence-corrected chi connectivity index (χ2v) is 2.55. The number of nitrogens with zero attached hydrogens (tertiary/aromatic N) is 1. The standard InChI is InChI=1S/C8H11NO2/c1-3-9-5-4-7(10)8(11)6(9)2/h4-6H,3H2,1-2H3/t6-/m0/s1. The molecule has 60 valence electrons. The summed E-state index contributed by atoms with van der Waals surface area (Å²) >= 11 is 0. The van der Waals surface area contributed by atoms with Crippen molar-refractivity contribution in [1.82, 2.24) is 4.90 Å². The van der Waals surface area contributed by atoms with Crippen molar-refractivity contribution in [3.8, 4) is 0 Å². The number of hydrogen-bond donors (Lipinski definition) is 0. The Labute approximate surface area is 65.7 Å². The third-order valence-electron chi connectivity index (χ3n) is 1.90. The number of carbonyl (C=O) groups is 2. The molecule has 0 fully saturated rings. The van der Waals surface area contributed by atoms with Crippen LogP contribution in [0.1, 0.15) is 13.8 Å². The first kappa shape index (κ1) is 7.98. The van der Waals surface area contributed by atoms with Gasteiger partial charge in [0.1, 0.15) is 0 Å². The van der Waals surface area contributed by atoms with Crippen LogP contribution in [-0.4, -0.2) is 29.1 Å². The summed E-state index contributed by atoms with van der Waals surface area (Å²) < 4.78 is 0. The average molecular weight is 153 g/mol. The van der Waals surface area contributed by atoms with E-state index in [-0.39, 0.29) is 17.6 Å². The number of Topliss-reactive ketones (excluding diaryl/α,β-unsaturated/α-hetero) is 1. The number of likely N-dealkylation sites (N-methyl/N-ethyl adjacent to an activating group) is 1. The van der Waals surface area contributed by atoms with Gasteiger partial charge in [0, 0.05) is 18.8 Å². The number of carbonyl (C=O) groups excluding carboxylic acids is 2. The molecule has 1 rings (SSSR count). The summed E-state index contributed by atoms with van der Waals surface area (Å²) in [5.74, 6) is -0.698. The van der Waals surface area contributed by atoms with Gasteiger partial charge >= 0.3 is 0 Å². The quantitative estimate of drug-likeness (QED) is 0.510. The fraction of sp³-hybridized carbons (Fsp3) is 0.500. The lowest BCUT2D eigenvalue weighted by Crippen LogP contribution is -2.41.